The first-order valence-electron chi connectivity index (χ1n) is 8.07. The molecule has 7 heteroatoms. The molecular formula is C17H20ClFN2O3. The summed E-state index contributed by atoms with van der Waals surface area (Å²) in [5, 5.41) is 12.4. The van der Waals surface area contributed by atoms with E-state index in [4.69, 9.17) is 16.7 Å². The van der Waals surface area contributed by atoms with E-state index >= 15 is 0 Å². The summed E-state index contributed by atoms with van der Waals surface area (Å²) >= 11 is 5.98. The zero-order valence-corrected chi connectivity index (χ0v) is 14.0. The van der Waals surface area contributed by atoms with Gasteiger partial charge in [-0.25, -0.2) is 4.39 Å². The van der Waals surface area contributed by atoms with Crippen molar-refractivity contribution in [2.45, 2.75) is 31.7 Å². The van der Waals surface area contributed by atoms with Crippen LogP contribution in [0.4, 0.5) is 4.39 Å². The molecule has 0 saturated carbocycles. The third-order valence-electron chi connectivity index (χ3n) is 5.23. The molecule has 2 saturated heterocycles. The Morgan fingerprint density at radius 3 is 2.67 bits per heavy atom. The summed E-state index contributed by atoms with van der Waals surface area (Å²) < 4.78 is 13.8. The Bertz CT molecular complexity index is 639. The Morgan fingerprint density at radius 1 is 1.38 bits per heavy atom. The smallest absolute Gasteiger partial charge is 0.320 e. The second kappa shape index (κ2) is 6.69. The van der Waals surface area contributed by atoms with Gasteiger partial charge in [-0.1, -0.05) is 17.7 Å². The summed E-state index contributed by atoms with van der Waals surface area (Å²) in [6.07, 6.45) is 2.08. The summed E-state index contributed by atoms with van der Waals surface area (Å²) in [4.78, 5) is 25.3. The van der Waals surface area contributed by atoms with E-state index in [1.807, 2.05) is 0 Å². The van der Waals surface area contributed by atoms with Gasteiger partial charge in [0.2, 0.25) is 5.91 Å². The highest BCUT2D eigenvalue weighted by Gasteiger charge is 2.44. The third-order valence-corrected chi connectivity index (χ3v) is 5.58. The lowest BCUT2D eigenvalue weighted by Crippen LogP contribution is -2.44. The fourth-order valence-electron chi connectivity index (χ4n) is 3.67. The van der Waals surface area contributed by atoms with Crippen molar-refractivity contribution in [3.05, 3.63) is 34.6 Å². The molecule has 2 aliphatic rings. The van der Waals surface area contributed by atoms with Crippen molar-refractivity contribution in [1.82, 2.24) is 10.2 Å². The molecule has 2 aliphatic heterocycles. The minimum Gasteiger partial charge on any atom is -0.480 e. The number of nitrogens with zero attached hydrogens (tertiary/aromatic N) is 1. The molecule has 2 heterocycles. The Labute approximate surface area is 144 Å². The number of halogens is 2. The summed E-state index contributed by atoms with van der Waals surface area (Å²) in [5.41, 5.74) is 0.188. The SMILES string of the molecule is O=C(O)C1CC2(CCN(C(=O)Cc3c(F)cccc3Cl)CC2)CN1. The number of carbonyl (C=O) groups excluding carboxylic acids is 1. The molecule has 0 bridgehead atoms. The fraction of sp³-hybridized carbons (Fsp3) is 0.529. The maximum absolute atomic E-state index is 13.8. The van der Waals surface area contributed by atoms with Crippen molar-refractivity contribution in [2.24, 2.45) is 5.41 Å². The standard InChI is InChI=1S/C17H20ClFN2O3/c18-12-2-1-3-13(19)11(12)8-15(22)21-6-4-17(5-7-21)9-14(16(23)24)20-10-17/h1-3,14,20H,4-10H2,(H,23,24). The van der Waals surface area contributed by atoms with Crippen LogP contribution in [0.2, 0.25) is 5.02 Å². The van der Waals surface area contributed by atoms with Gasteiger partial charge in [0.05, 0.1) is 6.42 Å². The van der Waals surface area contributed by atoms with Crippen LogP contribution < -0.4 is 5.32 Å². The first-order chi connectivity index (χ1) is 11.4. The quantitative estimate of drug-likeness (QED) is 0.872. The van der Waals surface area contributed by atoms with Gasteiger partial charge in [-0.2, -0.15) is 0 Å². The van der Waals surface area contributed by atoms with Gasteiger partial charge in [-0.3, -0.25) is 9.59 Å². The zero-order valence-electron chi connectivity index (χ0n) is 13.2. The second-order valence-corrected chi connectivity index (χ2v) is 7.14. The molecule has 1 atom stereocenters. The van der Waals surface area contributed by atoms with Gasteiger partial charge < -0.3 is 15.3 Å². The van der Waals surface area contributed by atoms with Crippen LogP contribution in [-0.2, 0) is 16.0 Å². The van der Waals surface area contributed by atoms with Gasteiger partial charge in [0.25, 0.3) is 0 Å². The molecule has 130 valence electrons. The molecule has 2 fully saturated rings. The van der Waals surface area contributed by atoms with Crippen molar-refractivity contribution in [1.29, 1.82) is 0 Å². The van der Waals surface area contributed by atoms with Crippen molar-refractivity contribution >= 4 is 23.5 Å². The third kappa shape index (κ3) is 3.39. The molecule has 1 aromatic carbocycles. The number of piperidine rings is 1. The molecule has 0 aromatic heterocycles. The average Bonchev–Trinajstić information content (AvgIpc) is 2.96. The van der Waals surface area contributed by atoms with E-state index in [1.165, 1.54) is 12.1 Å². The first kappa shape index (κ1) is 17.2. The number of amides is 1. The van der Waals surface area contributed by atoms with Gasteiger partial charge >= 0.3 is 5.97 Å². The van der Waals surface area contributed by atoms with Crippen LogP contribution in [0.15, 0.2) is 18.2 Å². The molecule has 5 nitrogen and oxygen atoms in total. The summed E-state index contributed by atoms with van der Waals surface area (Å²) in [5.74, 6) is -1.43. The molecule has 1 aromatic rings. The molecule has 2 N–H and O–H groups in total. The van der Waals surface area contributed by atoms with Gasteiger partial charge in [0.1, 0.15) is 11.9 Å². The normalized spacial score (nSPS) is 22.8. The highest BCUT2D eigenvalue weighted by atomic mass is 35.5. The number of nitrogens with one attached hydrogen (secondary N) is 1. The summed E-state index contributed by atoms with van der Waals surface area (Å²) in [7, 11) is 0. The monoisotopic (exact) mass is 354 g/mol. The molecule has 1 unspecified atom stereocenters. The molecule has 0 aliphatic carbocycles. The molecule has 1 amide bonds. The van der Waals surface area contributed by atoms with Gasteiger partial charge in [0, 0.05) is 30.2 Å². The highest BCUT2D eigenvalue weighted by molar-refractivity contribution is 6.31. The van der Waals surface area contributed by atoms with Crippen LogP contribution in [0.5, 0.6) is 0 Å². The van der Waals surface area contributed by atoms with Gasteiger partial charge in [-0.05, 0) is 36.8 Å². The number of carboxylic acids is 1. The summed E-state index contributed by atoms with van der Waals surface area (Å²) in [6, 6.07) is 3.90. The number of hydrogen-bond donors (Lipinski definition) is 2. The minimum atomic E-state index is -0.820. The number of aliphatic carboxylic acids is 1. The Morgan fingerprint density at radius 2 is 2.08 bits per heavy atom. The van der Waals surface area contributed by atoms with Crippen LogP contribution in [0.3, 0.4) is 0 Å². The number of likely N-dealkylation sites (tertiary alicyclic amines) is 1. The maximum Gasteiger partial charge on any atom is 0.320 e. The number of benzene rings is 1. The number of rotatable bonds is 3. The Balaban J connectivity index is 1.59. The number of carbonyl (C=O) groups is 2. The lowest BCUT2D eigenvalue weighted by Gasteiger charge is -2.39. The van der Waals surface area contributed by atoms with Crippen molar-refractivity contribution in [2.75, 3.05) is 19.6 Å². The lowest BCUT2D eigenvalue weighted by molar-refractivity contribution is -0.139. The van der Waals surface area contributed by atoms with Gasteiger partial charge in [0.15, 0.2) is 0 Å². The van der Waals surface area contributed by atoms with Crippen LogP contribution in [-0.4, -0.2) is 47.6 Å². The molecule has 1 spiro atoms. The van der Waals surface area contributed by atoms with E-state index in [9.17, 15) is 14.0 Å². The number of hydrogen-bond acceptors (Lipinski definition) is 3. The molecule has 24 heavy (non-hydrogen) atoms. The molecule has 3 rings (SSSR count). The van der Waals surface area contributed by atoms with Crippen LogP contribution >= 0.6 is 11.6 Å². The molecule has 0 radical (unpaired) electrons. The first-order valence-corrected chi connectivity index (χ1v) is 8.45. The van der Waals surface area contributed by atoms with Crippen molar-refractivity contribution < 1.29 is 19.1 Å². The molecular weight excluding hydrogens is 335 g/mol. The van der Waals surface area contributed by atoms with Crippen molar-refractivity contribution in [3.63, 3.8) is 0 Å². The lowest BCUT2D eigenvalue weighted by atomic mass is 9.76. The van der Waals surface area contributed by atoms with Crippen LogP contribution in [0.25, 0.3) is 0 Å². The second-order valence-electron chi connectivity index (χ2n) is 6.73. The Kier molecular flexibility index (Phi) is 4.78. The van der Waals surface area contributed by atoms with Crippen molar-refractivity contribution in [3.8, 4) is 0 Å². The van der Waals surface area contributed by atoms with E-state index in [-0.39, 0.29) is 28.3 Å². The fourth-order valence-corrected chi connectivity index (χ4v) is 3.90. The minimum absolute atomic E-state index is 0.0462. The van der Waals surface area contributed by atoms with E-state index in [0.717, 1.165) is 12.8 Å². The largest absolute Gasteiger partial charge is 0.480 e. The Hall–Kier alpha value is -1.66. The summed E-state index contributed by atoms with van der Waals surface area (Å²) in [6.45, 7) is 1.81. The highest BCUT2D eigenvalue weighted by Crippen LogP contribution is 2.39. The predicted octanol–water partition coefficient (Wildman–Crippen LogP) is 2.08. The van der Waals surface area contributed by atoms with Gasteiger partial charge in [-0.15, -0.1) is 0 Å². The van der Waals surface area contributed by atoms with Crippen LogP contribution in [0, 0.1) is 11.2 Å². The number of carboxylic acid groups (broad SMARTS) is 1. The van der Waals surface area contributed by atoms with E-state index in [1.54, 1.807) is 11.0 Å². The topological polar surface area (TPSA) is 69.6 Å². The maximum atomic E-state index is 13.8. The average molecular weight is 355 g/mol. The van der Waals surface area contributed by atoms with E-state index < -0.39 is 17.8 Å². The predicted molar refractivity (Wildman–Crippen MR) is 87.4 cm³/mol. The van der Waals surface area contributed by atoms with Crippen LogP contribution in [0.1, 0.15) is 24.8 Å². The van der Waals surface area contributed by atoms with E-state index in [2.05, 4.69) is 5.32 Å². The van der Waals surface area contributed by atoms with E-state index in [0.29, 0.717) is 26.1 Å². The zero-order chi connectivity index (χ0) is 17.3.